The lowest BCUT2D eigenvalue weighted by Crippen LogP contribution is -2.35. The SMILES string of the molecule is C[C@@H](N)C(=O)OC(CCC(=O)O)C(=O)O. The maximum atomic E-state index is 10.9. The maximum absolute atomic E-state index is 10.9. The molecule has 1 unspecified atom stereocenters. The summed E-state index contributed by atoms with van der Waals surface area (Å²) in [5.41, 5.74) is 5.16. The normalized spacial score (nSPS) is 14.0. The minimum absolute atomic E-state index is 0.275. The van der Waals surface area contributed by atoms with Gasteiger partial charge >= 0.3 is 17.9 Å². The Bertz CT molecular complexity index is 262. The van der Waals surface area contributed by atoms with Crippen molar-refractivity contribution in [2.24, 2.45) is 5.73 Å². The average Bonchev–Trinajstić information content (AvgIpc) is 2.10. The number of hydrogen-bond acceptors (Lipinski definition) is 5. The first-order valence-electron chi connectivity index (χ1n) is 4.25. The lowest BCUT2D eigenvalue weighted by molar-refractivity contribution is -0.165. The largest absolute Gasteiger partial charge is 0.481 e. The van der Waals surface area contributed by atoms with Gasteiger partial charge in [-0.15, -0.1) is 0 Å². The molecule has 0 saturated heterocycles. The monoisotopic (exact) mass is 219 g/mol. The van der Waals surface area contributed by atoms with Crippen LogP contribution in [0, 0.1) is 0 Å². The van der Waals surface area contributed by atoms with Gasteiger partial charge in [0.25, 0.3) is 0 Å². The highest BCUT2D eigenvalue weighted by Crippen LogP contribution is 2.04. The lowest BCUT2D eigenvalue weighted by Gasteiger charge is -2.13. The van der Waals surface area contributed by atoms with E-state index in [-0.39, 0.29) is 12.8 Å². The molecular formula is C8H13NO6. The van der Waals surface area contributed by atoms with Crippen molar-refractivity contribution >= 4 is 17.9 Å². The van der Waals surface area contributed by atoms with Gasteiger partial charge in [-0.25, -0.2) is 4.79 Å². The summed E-state index contributed by atoms with van der Waals surface area (Å²) in [5, 5.41) is 16.9. The van der Waals surface area contributed by atoms with E-state index >= 15 is 0 Å². The predicted octanol–water partition coefficient (Wildman–Crippen LogP) is -0.805. The predicted molar refractivity (Wildman–Crippen MR) is 48.0 cm³/mol. The molecule has 0 amide bonds. The highest BCUT2D eigenvalue weighted by atomic mass is 16.6. The number of carbonyl (C=O) groups is 3. The number of ether oxygens (including phenoxy) is 1. The fraction of sp³-hybridized carbons (Fsp3) is 0.625. The number of hydrogen-bond donors (Lipinski definition) is 3. The van der Waals surface area contributed by atoms with E-state index in [2.05, 4.69) is 4.74 Å². The van der Waals surface area contributed by atoms with Crippen molar-refractivity contribution < 1.29 is 29.3 Å². The Hall–Kier alpha value is -1.63. The Morgan fingerprint density at radius 3 is 2.20 bits per heavy atom. The number of carbonyl (C=O) groups excluding carboxylic acids is 1. The molecule has 0 bridgehead atoms. The van der Waals surface area contributed by atoms with E-state index < -0.39 is 30.1 Å². The standard InChI is InChI=1S/C8H13NO6/c1-4(9)8(14)15-5(7(12)13)2-3-6(10)11/h4-5H,2-3,9H2,1H3,(H,10,11)(H,12,13)/t4-,5?/m1/s1. The quantitative estimate of drug-likeness (QED) is 0.498. The molecule has 0 aliphatic carbocycles. The second kappa shape index (κ2) is 5.97. The molecule has 0 radical (unpaired) electrons. The molecule has 0 aromatic rings. The van der Waals surface area contributed by atoms with Crippen molar-refractivity contribution in [3.63, 3.8) is 0 Å². The summed E-state index contributed by atoms with van der Waals surface area (Å²) < 4.78 is 4.50. The van der Waals surface area contributed by atoms with Crippen LogP contribution in [0.4, 0.5) is 0 Å². The maximum Gasteiger partial charge on any atom is 0.345 e. The summed E-state index contributed by atoms with van der Waals surface area (Å²) in [6.45, 7) is 1.35. The Kier molecular flexibility index (Phi) is 5.32. The van der Waals surface area contributed by atoms with Crippen molar-refractivity contribution in [1.29, 1.82) is 0 Å². The summed E-state index contributed by atoms with van der Waals surface area (Å²) in [6, 6.07) is -0.934. The summed E-state index contributed by atoms with van der Waals surface area (Å²) >= 11 is 0. The highest BCUT2D eigenvalue weighted by Gasteiger charge is 2.24. The summed E-state index contributed by atoms with van der Waals surface area (Å²) in [6.07, 6.45) is -2.12. The fourth-order valence-electron chi connectivity index (χ4n) is 0.735. The first-order chi connectivity index (χ1) is 6.84. The van der Waals surface area contributed by atoms with Crippen molar-refractivity contribution in [3.8, 4) is 0 Å². The van der Waals surface area contributed by atoms with E-state index in [9.17, 15) is 14.4 Å². The zero-order chi connectivity index (χ0) is 12.0. The minimum Gasteiger partial charge on any atom is -0.481 e. The number of esters is 1. The summed E-state index contributed by atoms with van der Waals surface area (Å²) in [7, 11) is 0. The van der Waals surface area contributed by atoms with Crippen LogP contribution in [-0.2, 0) is 19.1 Å². The van der Waals surface area contributed by atoms with Gasteiger partial charge in [0, 0.05) is 12.8 Å². The van der Waals surface area contributed by atoms with Crippen LogP contribution in [-0.4, -0.2) is 40.3 Å². The molecular weight excluding hydrogens is 206 g/mol. The van der Waals surface area contributed by atoms with Gasteiger partial charge in [0.05, 0.1) is 0 Å². The van der Waals surface area contributed by atoms with Gasteiger partial charge in [-0.3, -0.25) is 9.59 Å². The van der Waals surface area contributed by atoms with Crippen LogP contribution in [0.15, 0.2) is 0 Å². The van der Waals surface area contributed by atoms with Crippen LogP contribution in [0.1, 0.15) is 19.8 Å². The number of nitrogens with two attached hydrogens (primary N) is 1. The molecule has 0 heterocycles. The van der Waals surface area contributed by atoms with Crippen LogP contribution in [0.3, 0.4) is 0 Å². The van der Waals surface area contributed by atoms with Gasteiger partial charge in [-0.1, -0.05) is 0 Å². The minimum atomic E-state index is -1.46. The lowest BCUT2D eigenvalue weighted by atomic mass is 10.2. The van der Waals surface area contributed by atoms with E-state index in [0.717, 1.165) is 0 Å². The molecule has 0 aliphatic rings. The Balaban J connectivity index is 4.22. The molecule has 0 aliphatic heterocycles. The van der Waals surface area contributed by atoms with E-state index in [1.807, 2.05) is 0 Å². The molecule has 0 saturated carbocycles. The molecule has 2 atom stereocenters. The molecule has 86 valence electrons. The molecule has 0 aromatic carbocycles. The van der Waals surface area contributed by atoms with Crippen LogP contribution < -0.4 is 5.73 Å². The topological polar surface area (TPSA) is 127 Å². The van der Waals surface area contributed by atoms with Gasteiger partial charge in [-0.05, 0) is 6.92 Å². The third-order valence-corrected chi connectivity index (χ3v) is 1.53. The second-order valence-corrected chi connectivity index (χ2v) is 2.98. The van der Waals surface area contributed by atoms with Crippen LogP contribution in [0.5, 0.6) is 0 Å². The Morgan fingerprint density at radius 1 is 1.33 bits per heavy atom. The van der Waals surface area contributed by atoms with E-state index in [0.29, 0.717) is 0 Å². The van der Waals surface area contributed by atoms with Crippen LogP contribution >= 0.6 is 0 Å². The van der Waals surface area contributed by atoms with Gasteiger partial charge in [0.1, 0.15) is 6.04 Å². The molecule has 7 heteroatoms. The van der Waals surface area contributed by atoms with Crippen LogP contribution in [0.25, 0.3) is 0 Å². The Labute approximate surface area is 85.8 Å². The van der Waals surface area contributed by atoms with Crippen LogP contribution in [0.2, 0.25) is 0 Å². The molecule has 4 N–H and O–H groups in total. The van der Waals surface area contributed by atoms with E-state index in [1.54, 1.807) is 0 Å². The first kappa shape index (κ1) is 13.4. The number of rotatable bonds is 6. The third-order valence-electron chi connectivity index (χ3n) is 1.53. The van der Waals surface area contributed by atoms with Gasteiger partial charge in [-0.2, -0.15) is 0 Å². The zero-order valence-corrected chi connectivity index (χ0v) is 8.17. The Morgan fingerprint density at radius 2 is 1.87 bits per heavy atom. The smallest absolute Gasteiger partial charge is 0.345 e. The van der Waals surface area contributed by atoms with Gasteiger partial charge in [0.2, 0.25) is 0 Å². The third kappa shape index (κ3) is 5.63. The van der Waals surface area contributed by atoms with Crippen molar-refractivity contribution in [2.75, 3.05) is 0 Å². The van der Waals surface area contributed by atoms with Gasteiger partial charge in [0.15, 0.2) is 6.10 Å². The number of carboxylic acids is 2. The molecule has 0 aromatic heterocycles. The summed E-state index contributed by atoms with van der Waals surface area (Å²) in [5.74, 6) is -3.41. The molecule has 7 nitrogen and oxygen atoms in total. The average molecular weight is 219 g/mol. The van der Waals surface area contributed by atoms with Crippen molar-refractivity contribution in [1.82, 2.24) is 0 Å². The number of carboxylic acid groups (broad SMARTS) is 2. The van der Waals surface area contributed by atoms with Crippen molar-refractivity contribution in [3.05, 3.63) is 0 Å². The van der Waals surface area contributed by atoms with Gasteiger partial charge < -0.3 is 20.7 Å². The molecule has 15 heavy (non-hydrogen) atoms. The zero-order valence-electron chi connectivity index (χ0n) is 8.17. The van der Waals surface area contributed by atoms with E-state index in [4.69, 9.17) is 15.9 Å². The van der Waals surface area contributed by atoms with E-state index in [1.165, 1.54) is 6.92 Å². The highest BCUT2D eigenvalue weighted by molar-refractivity contribution is 5.81. The van der Waals surface area contributed by atoms with Crippen molar-refractivity contribution in [2.45, 2.75) is 31.9 Å². The first-order valence-corrected chi connectivity index (χ1v) is 4.25. The molecule has 0 spiro atoms. The fourth-order valence-corrected chi connectivity index (χ4v) is 0.735. The number of aliphatic carboxylic acids is 2. The molecule has 0 rings (SSSR count). The second-order valence-electron chi connectivity index (χ2n) is 2.98. The summed E-state index contributed by atoms with van der Waals surface area (Å²) in [4.78, 5) is 31.7. The molecule has 0 fully saturated rings.